The molecule has 8 heteroatoms. The molecule has 122 valence electrons. The molecule has 0 aromatic rings. The summed E-state index contributed by atoms with van der Waals surface area (Å²) in [4.78, 5) is 8.36. The molecule has 0 amide bonds. The Bertz CT molecular complexity index is 356. The molecule has 0 aliphatic carbocycles. The van der Waals surface area contributed by atoms with Gasteiger partial charge in [-0.1, -0.05) is 19.1 Å². The molecule has 0 radical (unpaired) electrons. The van der Waals surface area contributed by atoms with E-state index in [9.17, 15) is 15.3 Å². The molecule has 6 N–H and O–H groups in total. The smallest absolute Gasteiger partial charge is 0.290 e. The average molecular weight is 321 g/mol. The van der Waals surface area contributed by atoms with Crippen molar-refractivity contribution in [2.24, 2.45) is 11.7 Å². The van der Waals surface area contributed by atoms with Gasteiger partial charge in [-0.05, 0) is 18.1 Å². The summed E-state index contributed by atoms with van der Waals surface area (Å²) in [7, 11) is 0. The fraction of sp³-hybridized carbons (Fsp3) is 0.769. The SMILES string of the molecule is C[C@H]1/C=C/CCS[C@H]2O[C@H]([C@@H]1N)[C@H](O)[C@H](O)[C@H]2O.O=CO. The Hall–Kier alpha value is -0.640. The third-order valence-electron chi connectivity index (χ3n) is 3.60. The molecule has 7 atom stereocenters. The van der Waals surface area contributed by atoms with Gasteiger partial charge >= 0.3 is 0 Å². The van der Waals surface area contributed by atoms with Crippen molar-refractivity contribution in [2.45, 2.75) is 49.2 Å². The number of aliphatic hydroxyl groups is 3. The summed E-state index contributed by atoms with van der Waals surface area (Å²) >= 11 is 1.44. The van der Waals surface area contributed by atoms with Gasteiger partial charge < -0.3 is 30.9 Å². The van der Waals surface area contributed by atoms with E-state index >= 15 is 0 Å². The van der Waals surface area contributed by atoms with E-state index in [1.165, 1.54) is 11.8 Å². The second kappa shape index (κ2) is 8.72. The van der Waals surface area contributed by atoms with Crippen molar-refractivity contribution >= 4 is 18.2 Å². The van der Waals surface area contributed by atoms with Crippen LogP contribution >= 0.6 is 11.8 Å². The minimum Gasteiger partial charge on any atom is -0.483 e. The van der Waals surface area contributed by atoms with Gasteiger partial charge in [0.15, 0.2) is 0 Å². The fourth-order valence-corrected chi connectivity index (χ4v) is 3.39. The highest BCUT2D eigenvalue weighted by molar-refractivity contribution is 7.99. The lowest BCUT2D eigenvalue weighted by molar-refractivity contribution is -0.204. The molecule has 0 spiro atoms. The van der Waals surface area contributed by atoms with Crippen molar-refractivity contribution in [1.82, 2.24) is 0 Å². The summed E-state index contributed by atoms with van der Waals surface area (Å²) in [5.74, 6) is 0.853. The summed E-state index contributed by atoms with van der Waals surface area (Å²) in [5.41, 5.74) is 5.55. The first kappa shape index (κ1) is 18.4. The lowest BCUT2D eigenvalue weighted by Crippen LogP contribution is -2.62. The van der Waals surface area contributed by atoms with Crippen LogP contribution in [0.3, 0.4) is 0 Å². The summed E-state index contributed by atoms with van der Waals surface area (Å²) in [6.07, 6.45) is 0.862. The van der Waals surface area contributed by atoms with Gasteiger partial charge in [0.1, 0.15) is 29.9 Å². The molecule has 2 aliphatic rings. The summed E-state index contributed by atoms with van der Waals surface area (Å²) < 4.78 is 5.68. The molecule has 7 nitrogen and oxygen atoms in total. The van der Waals surface area contributed by atoms with Gasteiger partial charge in [0, 0.05) is 6.04 Å². The molecule has 21 heavy (non-hydrogen) atoms. The van der Waals surface area contributed by atoms with Crippen LogP contribution in [0.15, 0.2) is 12.2 Å². The number of carboxylic acid groups (broad SMARTS) is 1. The van der Waals surface area contributed by atoms with Crippen LogP contribution in [0.4, 0.5) is 0 Å². The highest BCUT2D eigenvalue weighted by Gasteiger charge is 2.46. The zero-order valence-electron chi connectivity index (χ0n) is 11.8. The van der Waals surface area contributed by atoms with Crippen molar-refractivity contribution in [3.8, 4) is 0 Å². The molecule has 1 fully saturated rings. The van der Waals surface area contributed by atoms with E-state index in [0.717, 1.165) is 12.2 Å². The molecule has 2 bridgehead atoms. The Kier molecular flexibility index (Phi) is 7.64. The number of ether oxygens (including phenoxy) is 1. The molecule has 1 saturated heterocycles. The van der Waals surface area contributed by atoms with Crippen LogP contribution in [-0.4, -0.2) is 68.5 Å². The highest BCUT2D eigenvalue weighted by Crippen LogP contribution is 2.32. The predicted octanol–water partition coefficient (Wildman–Crippen LogP) is -0.849. The third kappa shape index (κ3) is 4.67. The van der Waals surface area contributed by atoms with Gasteiger partial charge in [-0.15, -0.1) is 11.8 Å². The summed E-state index contributed by atoms with van der Waals surface area (Å²) in [5, 5.41) is 36.6. The van der Waals surface area contributed by atoms with Gasteiger partial charge in [-0.3, -0.25) is 4.79 Å². The quantitative estimate of drug-likeness (QED) is 0.288. The third-order valence-corrected chi connectivity index (χ3v) is 4.79. The van der Waals surface area contributed by atoms with Crippen LogP contribution < -0.4 is 5.73 Å². The van der Waals surface area contributed by atoms with Crippen LogP contribution in [0.25, 0.3) is 0 Å². The molecular formula is C13H23NO6S. The molecular weight excluding hydrogens is 298 g/mol. The highest BCUT2D eigenvalue weighted by atomic mass is 32.2. The zero-order chi connectivity index (χ0) is 16.0. The first-order valence-corrected chi connectivity index (χ1v) is 7.80. The van der Waals surface area contributed by atoms with Gasteiger partial charge in [-0.2, -0.15) is 0 Å². The molecule has 0 unspecified atom stereocenters. The Morgan fingerprint density at radius 3 is 2.52 bits per heavy atom. The maximum absolute atomic E-state index is 9.98. The Morgan fingerprint density at radius 1 is 1.29 bits per heavy atom. The number of thioether (sulfide) groups is 1. The number of rotatable bonds is 0. The normalized spacial score (nSPS) is 44.9. The van der Waals surface area contributed by atoms with Crippen LogP contribution in [0.5, 0.6) is 0 Å². The van der Waals surface area contributed by atoms with Gasteiger partial charge in [0.05, 0.1) is 0 Å². The van der Waals surface area contributed by atoms with Crippen LogP contribution in [0.2, 0.25) is 0 Å². The molecule has 2 heterocycles. The molecule has 0 aromatic carbocycles. The number of carbonyl (C=O) groups is 1. The maximum Gasteiger partial charge on any atom is 0.290 e. The standard InChI is InChI=1S/C12H21NO4S.CH2O2/c1-6-4-2-3-5-18-12-10(16)8(14)9(15)11(17-12)7(6)13;2-1-3/h2,4,6-12,14-16H,3,5,13H2,1H3;1H,(H,2,3)/b4-2+;/t6-,7+,8-,9+,10+,11+,12+;/m0./s1. The summed E-state index contributed by atoms with van der Waals surface area (Å²) in [6, 6.07) is -0.403. The van der Waals surface area contributed by atoms with E-state index in [4.69, 9.17) is 20.4 Å². The second-order valence-corrected chi connectivity index (χ2v) is 6.28. The lowest BCUT2D eigenvalue weighted by Gasteiger charge is -2.43. The summed E-state index contributed by atoms with van der Waals surface area (Å²) in [6.45, 7) is 1.71. The number of fused-ring (bicyclic) bond motifs is 2. The first-order chi connectivity index (χ1) is 9.93. The number of aliphatic hydroxyl groups excluding tert-OH is 3. The minimum absolute atomic E-state index is 0.0517. The predicted molar refractivity (Wildman–Crippen MR) is 78.7 cm³/mol. The van der Waals surface area contributed by atoms with Gasteiger partial charge in [0.25, 0.3) is 6.47 Å². The zero-order valence-corrected chi connectivity index (χ0v) is 12.6. The lowest BCUT2D eigenvalue weighted by atomic mass is 9.88. The molecule has 2 aliphatic heterocycles. The monoisotopic (exact) mass is 321 g/mol. The Labute approximate surface area is 127 Å². The molecule has 2 rings (SSSR count). The average Bonchev–Trinajstić information content (AvgIpc) is 2.46. The van der Waals surface area contributed by atoms with Crippen LogP contribution in [-0.2, 0) is 9.53 Å². The van der Waals surface area contributed by atoms with Crippen molar-refractivity contribution in [3.63, 3.8) is 0 Å². The van der Waals surface area contributed by atoms with Gasteiger partial charge in [0.2, 0.25) is 0 Å². The second-order valence-electron chi connectivity index (χ2n) is 5.07. The molecule has 0 aromatic heterocycles. The van der Waals surface area contributed by atoms with Crippen molar-refractivity contribution in [3.05, 3.63) is 12.2 Å². The van der Waals surface area contributed by atoms with Crippen molar-refractivity contribution in [2.75, 3.05) is 5.75 Å². The Balaban J connectivity index is 0.000000677. The van der Waals surface area contributed by atoms with E-state index in [2.05, 4.69) is 6.08 Å². The number of hydrogen-bond acceptors (Lipinski definition) is 7. The number of nitrogens with two attached hydrogens (primary N) is 1. The fourth-order valence-electron chi connectivity index (χ4n) is 2.32. The number of hydrogen-bond donors (Lipinski definition) is 5. The topological polar surface area (TPSA) is 133 Å². The minimum atomic E-state index is -1.21. The maximum atomic E-state index is 9.98. The largest absolute Gasteiger partial charge is 0.483 e. The van der Waals surface area contributed by atoms with Crippen LogP contribution in [0, 0.1) is 5.92 Å². The first-order valence-electron chi connectivity index (χ1n) is 6.75. The van der Waals surface area contributed by atoms with E-state index in [0.29, 0.717) is 0 Å². The van der Waals surface area contributed by atoms with E-state index in [1.807, 2.05) is 13.0 Å². The van der Waals surface area contributed by atoms with Crippen molar-refractivity contribution in [1.29, 1.82) is 0 Å². The van der Waals surface area contributed by atoms with E-state index in [-0.39, 0.29) is 12.4 Å². The van der Waals surface area contributed by atoms with Gasteiger partial charge in [-0.25, -0.2) is 0 Å². The van der Waals surface area contributed by atoms with Crippen molar-refractivity contribution < 1.29 is 30.0 Å². The van der Waals surface area contributed by atoms with E-state index < -0.39 is 35.9 Å². The van der Waals surface area contributed by atoms with Crippen LogP contribution in [0.1, 0.15) is 13.3 Å². The number of allylic oxidation sites excluding steroid dienone is 1. The van der Waals surface area contributed by atoms with E-state index in [1.54, 1.807) is 0 Å². The molecule has 0 saturated carbocycles. The Morgan fingerprint density at radius 2 is 1.90 bits per heavy atom.